The quantitative estimate of drug-likeness (QED) is 0.871. The third kappa shape index (κ3) is 3.61. The number of carbonyl (C=O) groups is 1. The molecule has 0 spiro atoms. The first-order valence-corrected chi connectivity index (χ1v) is 10.2. The number of hydrogen-bond acceptors (Lipinski definition) is 3. The van der Waals surface area contributed by atoms with E-state index in [0.29, 0.717) is 12.0 Å². The van der Waals surface area contributed by atoms with Crippen molar-refractivity contribution in [2.75, 3.05) is 26.3 Å². The zero-order valence-electron chi connectivity index (χ0n) is 16.1. The maximum atomic E-state index is 11.6. The summed E-state index contributed by atoms with van der Waals surface area (Å²) in [6, 6.07) is 13.2. The molecule has 1 aliphatic carbocycles. The third-order valence-corrected chi connectivity index (χ3v) is 6.47. The molecule has 0 amide bonds. The van der Waals surface area contributed by atoms with E-state index in [1.165, 1.54) is 36.6 Å². The number of benzene rings is 2. The molecule has 4 heteroatoms. The molecule has 27 heavy (non-hydrogen) atoms. The van der Waals surface area contributed by atoms with Gasteiger partial charge in [-0.2, -0.15) is 0 Å². The highest BCUT2D eigenvalue weighted by atomic mass is 16.5. The Balaban J connectivity index is 1.75. The molecule has 4 rings (SSSR count). The van der Waals surface area contributed by atoms with Gasteiger partial charge in [-0.1, -0.05) is 49.2 Å². The van der Waals surface area contributed by atoms with Crippen molar-refractivity contribution in [1.82, 2.24) is 4.90 Å². The van der Waals surface area contributed by atoms with Crippen molar-refractivity contribution in [3.8, 4) is 0 Å². The van der Waals surface area contributed by atoms with Gasteiger partial charge >= 0.3 is 5.97 Å². The zero-order chi connectivity index (χ0) is 18.8. The molecular formula is C23H29NO3. The molecule has 0 aromatic heterocycles. The highest BCUT2D eigenvalue weighted by molar-refractivity contribution is 5.93. The highest BCUT2D eigenvalue weighted by Crippen LogP contribution is 2.40. The molecule has 2 aromatic rings. The maximum absolute atomic E-state index is 11.6. The van der Waals surface area contributed by atoms with Crippen LogP contribution in [0.2, 0.25) is 0 Å². The topological polar surface area (TPSA) is 49.8 Å². The van der Waals surface area contributed by atoms with Crippen molar-refractivity contribution in [3.05, 3.63) is 47.5 Å². The number of morpholine rings is 1. The van der Waals surface area contributed by atoms with E-state index in [9.17, 15) is 9.90 Å². The first-order chi connectivity index (χ1) is 13.2. The van der Waals surface area contributed by atoms with Crippen LogP contribution in [0.25, 0.3) is 10.8 Å². The smallest absolute Gasteiger partial charge is 0.310 e. The Bertz CT molecular complexity index is 812. The van der Waals surface area contributed by atoms with Gasteiger partial charge < -0.3 is 9.84 Å². The fraction of sp³-hybridized carbons (Fsp3) is 0.522. The lowest BCUT2D eigenvalue weighted by Gasteiger charge is -2.42. The minimum absolute atomic E-state index is 0.495. The van der Waals surface area contributed by atoms with E-state index in [0.717, 1.165) is 37.3 Å². The van der Waals surface area contributed by atoms with Gasteiger partial charge in [0.1, 0.15) is 0 Å². The van der Waals surface area contributed by atoms with Crippen LogP contribution in [0, 0.1) is 0 Å². The van der Waals surface area contributed by atoms with Gasteiger partial charge in [-0.3, -0.25) is 9.69 Å². The monoisotopic (exact) mass is 367 g/mol. The molecule has 1 saturated carbocycles. The Hall–Kier alpha value is -1.91. The highest BCUT2D eigenvalue weighted by Gasteiger charge is 2.33. The lowest BCUT2D eigenvalue weighted by Crippen LogP contribution is -2.47. The van der Waals surface area contributed by atoms with Crippen LogP contribution in [0.3, 0.4) is 0 Å². The second-order valence-corrected chi connectivity index (χ2v) is 7.96. The van der Waals surface area contributed by atoms with Gasteiger partial charge in [0, 0.05) is 25.0 Å². The Morgan fingerprint density at radius 3 is 2.56 bits per heavy atom. The molecule has 1 N–H and O–H groups in total. The number of fused-ring (bicyclic) bond motifs is 1. The summed E-state index contributed by atoms with van der Waals surface area (Å²) in [6.45, 7) is 5.49. The molecule has 1 saturated heterocycles. The molecule has 1 aliphatic heterocycles. The average molecular weight is 367 g/mol. The molecule has 4 nitrogen and oxygen atoms in total. The lowest BCUT2D eigenvalue weighted by molar-refractivity contribution is -0.138. The summed E-state index contributed by atoms with van der Waals surface area (Å²) in [5, 5.41) is 11.8. The van der Waals surface area contributed by atoms with E-state index in [1.54, 1.807) is 6.92 Å². The Morgan fingerprint density at radius 1 is 1.07 bits per heavy atom. The van der Waals surface area contributed by atoms with Crippen LogP contribution in [0.5, 0.6) is 0 Å². The Morgan fingerprint density at radius 2 is 1.78 bits per heavy atom. The fourth-order valence-corrected chi connectivity index (χ4v) is 5.01. The summed E-state index contributed by atoms with van der Waals surface area (Å²) in [5.74, 6) is -0.752. The molecule has 0 bridgehead atoms. The van der Waals surface area contributed by atoms with Crippen molar-refractivity contribution < 1.29 is 14.6 Å². The SMILES string of the molecule is CC(C(=O)O)c1cccc2c(C3CCCCC3N3CCOCC3)cccc12. The van der Waals surface area contributed by atoms with E-state index in [4.69, 9.17) is 4.74 Å². The molecule has 2 aromatic carbocycles. The minimum atomic E-state index is -0.767. The normalized spacial score (nSPS) is 25.4. The van der Waals surface area contributed by atoms with Crippen molar-refractivity contribution >= 4 is 16.7 Å². The average Bonchev–Trinajstić information content (AvgIpc) is 2.73. The van der Waals surface area contributed by atoms with Crippen LogP contribution in [0.1, 0.15) is 55.6 Å². The molecule has 1 heterocycles. The maximum Gasteiger partial charge on any atom is 0.310 e. The van der Waals surface area contributed by atoms with Crippen molar-refractivity contribution in [2.24, 2.45) is 0 Å². The Kier molecular flexibility index (Phi) is 5.46. The summed E-state index contributed by atoms with van der Waals surface area (Å²) in [5.41, 5.74) is 2.31. The number of rotatable bonds is 4. The van der Waals surface area contributed by atoms with Gasteiger partial charge in [0.05, 0.1) is 19.1 Å². The number of hydrogen-bond donors (Lipinski definition) is 1. The van der Waals surface area contributed by atoms with E-state index >= 15 is 0 Å². The molecule has 2 fully saturated rings. The van der Waals surface area contributed by atoms with Crippen LogP contribution in [0.4, 0.5) is 0 Å². The fourth-order valence-electron chi connectivity index (χ4n) is 5.01. The lowest BCUT2D eigenvalue weighted by atomic mass is 9.77. The largest absolute Gasteiger partial charge is 0.481 e. The summed E-state index contributed by atoms with van der Waals surface area (Å²) < 4.78 is 5.57. The number of nitrogens with zero attached hydrogens (tertiary/aromatic N) is 1. The van der Waals surface area contributed by atoms with Gasteiger partial charge in [0.15, 0.2) is 0 Å². The first kappa shape index (κ1) is 18.5. The van der Waals surface area contributed by atoms with E-state index in [-0.39, 0.29) is 0 Å². The third-order valence-electron chi connectivity index (χ3n) is 6.47. The molecule has 3 atom stereocenters. The molecule has 0 radical (unpaired) electrons. The van der Waals surface area contributed by atoms with E-state index in [2.05, 4.69) is 29.2 Å². The summed E-state index contributed by atoms with van der Waals surface area (Å²) in [6.07, 6.45) is 5.02. The van der Waals surface area contributed by atoms with Gasteiger partial charge in [0.25, 0.3) is 0 Å². The molecule has 144 valence electrons. The molecule has 2 aliphatic rings. The second kappa shape index (κ2) is 7.99. The number of carboxylic acids is 1. The van der Waals surface area contributed by atoms with Gasteiger partial charge in [-0.05, 0) is 41.7 Å². The number of ether oxygens (including phenoxy) is 1. The summed E-state index contributed by atoms with van der Waals surface area (Å²) >= 11 is 0. The van der Waals surface area contributed by atoms with E-state index in [1.807, 2.05) is 12.1 Å². The van der Waals surface area contributed by atoms with Crippen LogP contribution >= 0.6 is 0 Å². The van der Waals surface area contributed by atoms with Gasteiger partial charge in [-0.15, -0.1) is 0 Å². The summed E-state index contributed by atoms with van der Waals surface area (Å²) in [4.78, 5) is 14.2. The zero-order valence-corrected chi connectivity index (χ0v) is 16.1. The minimum Gasteiger partial charge on any atom is -0.481 e. The van der Waals surface area contributed by atoms with Crippen LogP contribution in [-0.4, -0.2) is 48.3 Å². The van der Waals surface area contributed by atoms with Crippen LogP contribution < -0.4 is 0 Å². The predicted molar refractivity (Wildman–Crippen MR) is 107 cm³/mol. The standard InChI is InChI=1S/C23H29NO3/c1-16(23(25)26)17-7-4-9-19-18(17)8-5-10-20(19)21-6-2-3-11-22(21)24-12-14-27-15-13-24/h4-5,7-10,16,21-22H,2-3,6,11-15H2,1H3,(H,25,26). The van der Waals surface area contributed by atoms with Crippen molar-refractivity contribution in [2.45, 2.75) is 50.5 Å². The second-order valence-electron chi connectivity index (χ2n) is 7.96. The molecular weight excluding hydrogens is 338 g/mol. The first-order valence-electron chi connectivity index (χ1n) is 10.2. The number of aliphatic carboxylic acids is 1. The summed E-state index contributed by atoms with van der Waals surface area (Å²) in [7, 11) is 0. The number of carboxylic acid groups (broad SMARTS) is 1. The van der Waals surface area contributed by atoms with Gasteiger partial charge in [0.2, 0.25) is 0 Å². The molecule has 3 unspecified atom stereocenters. The van der Waals surface area contributed by atoms with E-state index < -0.39 is 11.9 Å². The van der Waals surface area contributed by atoms with Crippen LogP contribution in [-0.2, 0) is 9.53 Å². The van der Waals surface area contributed by atoms with Gasteiger partial charge in [-0.25, -0.2) is 0 Å². The van der Waals surface area contributed by atoms with Crippen molar-refractivity contribution in [3.63, 3.8) is 0 Å². The van der Waals surface area contributed by atoms with Crippen LogP contribution in [0.15, 0.2) is 36.4 Å². The Labute approximate surface area is 161 Å². The predicted octanol–water partition coefficient (Wildman–Crippen LogP) is 4.39. The van der Waals surface area contributed by atoms with Crippen molar-refractivity contribution in [1.29, 1.82) is 0 Å².